The van der Waals surface area contributed by atoms with Gasteiger partial charge >= 0.3 is 0 Å². The molecule has 0 bridgehead atoms. The van der Waals surface area contributed by atoms with Gasteiger partial charge in [-0.1, -0.05) is 37.6 Å². The van der Waals surface area contributed by atoms with Crippen LogP contribution in [-0.2, 0) is 13.0 Å². The Balaban J connectivity index is 1.74. The Labute approximate surface area is 114 Å². The fraction of sp³-hybridized carbons (Fsp3) is 0.438. The predicted molar refractivity (Wildman–Crippen MR) is 77.9 cm³/mol. The van der Waals surface area contributed by atoms with Crippen molar-refractivity contribution < 1.29 is 0 Å². The second-order valence-electron chi connectivity index (χ2n) is 5.37. The summed E-state index contributed by atoms with van der Waals surface area (Å²) in [4.78, 5) is 0. The van der Waals surface area contributed by atoms with E-state index >= 15 is 0 Å². The summed E-state index contributed by atoms with van der Waals surface area (Å²) >= 11 is 0. The highest BCUT2D eigenvalue weighted by Gasteiger charge is 2.20. The average molecular weight is 255 g/mol. The van der Waals surface area contributed by atoms with E-state index in [0.29, 0.717) is 0 Å². The highest BCUT2D eigenvalue weighted by atomic mass is 15.1. The van der Waals surface area contributed by atoms with Crippen LogP contribution in [0.4, 0.5) is 0 Å². The van der Waals surface area contributed by atoms with E-state index in [1.54, 1.807) is 0 Å². The van der Waals surface area contributed by atoms with Crippen molar-refractivity contribution >= 4 is 0 Å². The van der Waals surface area contributed by atoms with Crippen LogP contribution in [0.3, 0.4) is 0 Å². The molecule has 1 saturated carbocycles. The van der Waals surface area contributed by atoms with Crippen molar-refractivity contribution in [1.82, 2.24) is 15.5 Å². The topological polar surface area (TPSA) is 40.7 Å². The highest BCUT2D eigenvalue weighted by Crippen LogP contribution is 2.24. The van der Waals surface area contributed by atoms with Crippen LogP contribution in [0, 0.1) is 0 Å². The van der Waals surface area contributed by atoms with Crippen LogP contribution < -0.4 is 5.32 Å². The zero-order chi connectivity index (χ0) is 13.1. The number of benzene rings is 1. The molecule has 1 aromatic carbocycles. The Bertz CT molecular complexity index is 523. The molecule has 1 aliphatic rings. The summed E-state index contributed by atoms with van der Waals surface area (Å²) in [7, 11) is 0. The van der Waals surface area contributed by atoms with E-state index in [9.17, 15) is 0 Å². The number of H-pyrrole nitrogens is 1. The molecule has 2 aromatic rings. The molecule has 1 heterocycles. The Morgan fingerprint density at radius 1 is 1.26 bits per heavy atom. The predicted octanol–water partition coefficient (Wildman–Crippen LogP) is 3.28. The van der Waals surface area contributed by atoms with Crippen LogP contribution in [0.15, 0.2) is 30.5 Å². The van der Waals surface area contributed by atoms with Gasteiger partial charge in [0.05, 0.1) is 11.9 Å². The van der Waals surface area contributed by atoms with Gasteiger partial charge in [0, 0.05) is 18.2 Å². The molecule has 0 unspecified atom stereocenters. The van der Waals surface area contributed by atoms with Crippen molar-refractivity contribution in [2.75, 3.05) is 0 Å². The zero-order valence-corrected chi connectivity index (χ0v) is 11.4. The van der Waals surface area contributed by atoms with E-state index in [1.807, 2.05) is 6.20 Å². The smallest absolute Gasteiger partial charge is 0.0695 e. The standard InChI is InChI=1S/C16H21N3/c1-2-3-12-4-6-13(7-5-12)16-14(11-18-19-16)10-17-15-8-9-15/h4-7,11,15,17H,2-3,8-10H2,1H3,(H,18,19). The molecule has 0 spiro atoms. The first kappa shape index (κ1) is 12.4. The lowest BCUT2D eigenvalue weighted by molar-refractivity contribution is 0.689. The van der Waals surface area contributed by atoms with Crippen LogP contribution >= 0.6 is 0 Å². The van der Waals surface area contributed by atoms with Gasteiger partial charge in [0.15, 0.2) is 0 Å². The summed E-state index contributed by atoms with van der Waals surface area (Å²) in [6.07, 6.45) is 6.92. The second kappa shape index (κ2) is 5.57. The largest absolute Gasteiger partial charge is 0.310 e. The molecule has 100 valence electrons. The number of hydrogen-bond acceptors (Lipinski definition) is 2. The van der Waals surface area contributed by atoms with E-state index in [2.05, 4.69) is 46.7 Å². The van der Waals surface area contributed by atoms with Crippen molar-refractivity contribution in [3.8, 4) is 11.3 Å². The Kier molecular flexibility index (Phi) is 3.65. The van der Waals surface area contributed by atoms with Crippen molar-refractivity contribution in [1.29, 1.82) is 0 Å². The normalized spacial score (nSPS) is 14.8. The first-order chi connectivity index (χ1) is 9.36. The van der Waals surface area contributed by atoms with Crippen molar-refractivity contribution in [2.45, 2.75) is 45.2 Å². The number of nitrogens with zero attached hydrogens (tertiary/aromatic N) is 1. The third kappa shape index (κ3) is 3.04. The fourth-order valence-corrected chi connectivity index (χ4v) is 2.36. The number of aromatic amines is 1. The van der Waals surface area contributed by atoms with Gasteiger partial charge in [-0.3, -0.25) is 5.10 Å². The lowest BCUT2D eigenvalue weighted by Crippen LogP contribution is -2.15. The summed E-state index contributed by atoms with van der Waals surface area (Å²) in [5.74, 6) is 0. The van der Waals surface area contributed by atoms with E-state index in [-0.39, 0.29) is 0 Å². The molecule has 0 aliphatic heterocycles. The van der Waals surface area contributed by atoms with Crippen molar-refractivity contribution in [2.24, 2.45) is 0 Å². The number of aromatic nitrogens is 2. The number of nitrogens with one attached hydrogen (secondary N) is 2. The molecule has 1 aromatic heterocycles. The monoisotopic (exact) mass is 255 g/mol. The maximum absolute atomic E-state index is 4.19. The Hall–Kier alpha value is -1.61. The fourth-order valence-electron chi connectivity index (χ4n) is 2.36. The van der Waals surface area contributed by atoms with Crippen LogP contribution in [0.5, 0.6) is 0 Å². The molecule has 19 heavy (non-hydrogen) atoms. The van der Waals surface area contributed by atoms with Gasteiger partial charge < -0.3 is 5.32 Å². The van der Waals surface area contributed by atoms with Gasteiger partial charge in [0.2, 0.25) is 0 Å². The van der Waals surface area contributed by atoms with E-state index < -0.39 is 0 Å². The highest BCUT2D eigenvalue weighted by molar-refractivity contribution is 5.62. The molecular weight excluding hydrogens is 234 g/mol. The third-order valence-corrected chi connectivity index (χ3v) is 3.66. The minimum Gasteiger partial charge on any atom is -0.310 e. The summed E-state index contributed by atoms with van der Waals surface area (Å²) in [5, 5.41) is 10.9. The lowest BCUT2D eigenvalue weighted by atomic mass is 10.0. The van der Waals surface area contributed by atoms with Crippen LogP contribution in [0.25, 0.3) is 11.3 Å². The molecule has 3 rings (SSSR count). The van der Waals surface area contributed by atoms with Crippen LogP contribution in [0.1, 0.15) is 37.3 Å². The molecule has 0 atom stereocenters. The Morgan fingerprint density at radius 2 is 2.05 bits per heavy atom. The molecule has 3 heteroatoms. The Morgan fingerprint density at radius 3 is 2.74 bits per heavy atom. The SMILES string of the molecule is CCCc1ccc(-c2[nH]ncc2CNC2CC2)cc1. The van der Waals surface area contributed by atoms with Gasteiger partial charge in [-0.25, -0.2) is 0 Å². The van der Waals surface area contributed by atoms with Gasteiger partial charge in [0.1, 0.15) is 0 Å². The van der Waals surface area contributed by atoms with Gasteiger partial charge in [-0.05, 0) is 30.4 Å². The van der Waals surface area contributed by atoms with Crippen LogP contribution in [-0.4, -0.2) is 16.2 Å². The molecule has 0 saturated heterocycles. The molecule has 3 nitrogen and oxygen atoms in total. The lowest BCUT2D eigenvalue weighted by Gasteiger charge is -2.06. The second-order valence-corrected chi connectivity index (χ2v) is 5.37. The quantitative estimate of drug-likeness (QED) is 0.831. The molecule has 2 N–H and O–H groups in total. The molecule has 1 aliphatic carbocycles. The first-order valence-electron chi connectivity index (χ1n) is 7.21. The van der Waals surface area contributed by atoms with Gasteiger partial charge in [-0.2, -0.15) is 5.10 Å². The zero-order valence-electron chi connectivity index (χ0n) is 11.4. The van der Waals surface area contributed by atoms with Crippen molar-refractivity contribution in [3.63, 3.8) is 0 Å². The van der Waals surface area contributed by atoms with E-state index in [4.69, 9.17) is 0 Å². The van der Waals surface area contributed by atoms with E-state index in [0.717, 1.165) is 24.7 Å². The van der Waals surface area contributed by atoms with Gasteiger partial charge in [0.25, 0.3) is 0 Å². The minimum atomic E-state index is 0.731. The van der Waals surface area contributed by atoms with E-state index in [1.165, 1.54) is 36.0 Å². The molecule has 0 amide bonds. The minimum absolute atomic E-state index is 0.731. The third-order valence-electron chi connectivity index (χ3n) is 3.66. The number of rotatable bonds is 6. The number of hydrogen-bond donors (Lipinski definition) is 2. The summed E-state index contributed by atoms with van der Waals surface area (Å²) in [6.45, 7) is 3.12. The summed E-state index contributed by atoms with van der Waals surface area (Å²) in [5.41, 5.74) is 5.04. The first-order valence-corrected chi connectivity index (χ1v) is 7.21. The summed E-state index contributed by atoms with van der Waals surface area (Å²) in [6, 6.07) is 9.56. The van der Waals surface area contributed by atoms with Gasteiger partial charge in [-0.15, -0.1) is 0 Å². The maximum Gasteiger partial charge on any atom is 0.0695 e. The molecular formula is C16H21N3. The average Bonchev–Trinajstić information content (AvgIpc) is 3.15. The van der Waals surface area contributed by atoms with Crippen molar-refractivity contribution in [3.05, 3.63) is 41.6 Å². The summed E-state index contributed by atoms with van der Waals surface area (Å²) < 4.78 is 0. The van der Waals surface area contributed by atoms with Crippen LogP contribution in [0.2, 0.25) is 0 Å². The maximum atomic E-state index is 4.19. The number of aryl methyl sites for hydroxylation is 1. The molecule has 1 fully saturated rings. The molecule has 0 radical (unpaired) electrons.